The summed E-state index contributed by atoms with van der Waals surface area (Å²) in [5.41, 5.74) is 5.84. The molecule has 0 spiro atoms. The van der Waals surface area contributed by atoms with Gasteiger partial charge >= 0.3 is 0 Å². The average molecular weight is 304 g/mol. The Morgan fingerprint density at radius 3 is 2.65 bits per heavy atom. The van der Waals surface area contributed by atoms with Crippen molar-refractivity contribution in [2.24, 2.45) is 11.7 Å². The minimum atomic E-state index is -3.06. The van der Waals surface area contributed by atoms with Gasteiger partial charge < -0.3 is 10.6 Å². The van der Waals surface area contributed by atoms with Crippen LogP contribution in [0.1, 0.15) is 45.4 Å². The summed E-state index contributed by atoms with van der Waals surface area (Å²) in [7, 11) is -3.06. The van der Waals surface area contributed by atoms with E-state index in [0.717, 1.165) is 25.9 Å². The van der Waals surface area contributed by atoms with Gasteiger partial charge in [-0.3, -0.25) is 4.79 Å². The van der Waals surface area contributed by atoms with Crippen molar-refractivity contribution >= 4 is 15.7 Å². The topological polar surface area (TPSA) is 80.5 Å². The lowest BCUT2D eigenvalue weighted by Gasteiger charge is -2.24. The number of amides is 1. The molecule has 2 unspecified atom stereocenters. The second kappa shape index (κ2) is 7.98. The van der Waals surface area contributed by atoms with Gasteiger partial charge in [0.1, 0.15) is 9.84 Å². The van der Waals surface area contributed by atoms with Crippen LogP contribution in [0, 0.1) is 5.92 Å². The molecular formula is C14H28N2O3S. The Labute approximate surface area is 122 Å². The SMILES string of the molecule is CCCC1CCCN(C(=O)C(N)CCS(C)(=O)=O)CC1. The fraction of sp³-hybridized carbons (Fsp3) is 0.929. The molecule has 0 saturated carbocycles. The first-order valence-corrected chi connectivity index (χ1v) is 9.61. The van der Waals surface area contributed by atoms with E-state index in [1.807, 2.05) is 4.90 Å². The molecule has 1 heterocycles. The third kappa shape index (κ3) is 6.22. The Morgan fingerprint density at radius 1 is 1.35 bits per heavy atom. The Bertz CT molecular complexity index is 409. The van der Waals surface area contributed by atoms with Crippen molar-refractivity contribution in [1.82, 2.24) is 4.90 Å². The molecule has 118 valence electrons. The van der Waals surface area contributed by atoms with Crippen LogP contribution in [-0.4, -0.2) is 50.4 Å². The molecule has 0 aromatic rings. The van der Waals surface area contributed by atoms with Gasteiger partial charge in [-0.25, -0.2) is 8.42 Å². The van der Waals surface area contributed by atoms with E-state index in [0.29, 0.717) is 5.92 Å². The van der Waals surface area contributed by atoms with Gasteiger partial charge in [-0.15, -0.1) is 0 Å². The van der Waals surface area contributed by atoms with Crippen LogP contribution in [0.25, 0.3) is 0 Å². The number of nitrogens with zero attached hydrogens (tertiary/aromatic N) is 1. The number of carbonyl (C=O) groups is 1. The van der Waals surface area contributed by atoms with Crippen LogP contribution < -0.4 is 5.73 Å². The smallest absolute Gasteiger partial charge is 0.239 e. The number of sulfone groups is 1. The molecule has 1 fully saturated rings. The van der Waals surface area contributed by atoms with Gasteiger partial charge in [-0.2, -0.15) is 0 Å². The van der Waals surface area contributed by atoms with E-state index in [2.05, 4.69) is 6.92 Å². The number of carbonyl (C=O) groups excluding carboxylic acids is 1. The minimum Gasteiger partial charge on any atom is -0.341 e. The van der Waals surface area contributed by atoms with Crippen LogP contribution in [0.15, 0.2) is 0 Å². The monoisotopic (exact) mass is 304 g/mol. The Kier molecular flexibility index (Phi) is 6.95. The van der Waals surface area contributed by atoms with E-state index in [-0.39, 0.29) is 18.1 Å². The second-order valence-corrected chi connectivity index (χ2v) is 8.20. The molecule has 1 rings (SSSR count). The van der Waals surface area contributed by atoms with Crippen molar-refractivity contribution in [3.8, 4) is 0 Å². The molecule has 0 radical (unpaired) electrons. The third-order valence-electron chi connectivity index (χ3n) is 3.97. The summed E-state index contributed by atoms with van der Waals surface area (Å²) in [5.74, 6) is 0.600. The molecule has 1 amide bonds. The number of likely N-dealkylation sites (tertiary alicyclic amines) is 1. The molecule has 1 aliphatic heterocycles. The molecule has 1 saturated heterocycles. The maximum absolute atomic E-state index is 12.2. The summed E-state index contributed by atoms with van der Waals surface area (Å²) in [6.45, 7) is 3.70. The first-order chi connectivity index (χ1) is 9.33. The van der Waals surface area contributed by atoms with Gasteiger partial charge in [-0.05, 0) is 31.6 Å². The highest BCUT2D eigenvalue weighted by Gasteiger charge is 2.24. The van der Waals surface area contributed by atoms with Gasteiger partial charge in [0, 0.05) is 19.3 Å². The summed E-state index contributed by atoms with van der Waals surface area (Å²) < 4.78 is 22.2. The largest absolute Gasteiger partial charge is 0.341 e. The van der Waals surface area contributed by atoms with Crippen LogP contribution in [0.5, 0.6) is 0 Å². The first kappa shape index (κ1) is 17.4. The number of nitrogens with two attached hydrogens (primary N) is 1. The third-order valence-corrected chi connectivity index (χ3v) is 4.95. The summed E-state index contributed by atoms with van der Waals surface area (Å²) in [6, 6.07) is -0.688. The Morgan fingerprint density at radius 2 is 2.05 bits per heavy atom. The molecule has 2 N–H and O–H groups in total. The lowest BCUT2D eigenvalue weighted by atomic mass is 9.96. The zero-order valence-corrected chi connectivity index (χ0v) is 13.5. The standard InChI is InChI=1S/C14H28N2O3S/c1-3-5-12-6-4-9-16(10-7-12)14(17)13(15)8-11-20(2,18)19/h12-13H,3-11,15H2,1-2H3. The van der Waals surface area contributed by atoms with E-state index in [4.69, 9.17) is 5.73 Å². The van der Waals surface area contributed by atoms with E-state index in [1.54, 1.807) is 0 Å². The molecule has 6 heteroatoms. The predicted molar refractivity (Wildman–Crippen MR) is 81.1 cm³/mol. The first-order valence-electron chi connectivity index (χ1n) is 7.55. The fourth-order valence-electron chi connectivity index (χ4n) is 2.78. The molecule has 2 atom stereocenters. The summed E-state index contributed by atoms with van der Waals surface area (Å²) >= 11 is 0. The molecule has 5 nitrogen and oxygen atoms in total. The highest BCUT2D eigenvalue weighted by Crippen LogP contribution is 2.22. The number of hydrogen-bond donors (Lipinski definition) is 1. The van der Waals surface area contributed by atoms with Crippen LogP contribution in [0.3, 0.4) is 0 Å². The Hall–Kier alpha value is -0.620. The summed E-state index contributed by atoms with van der Waals surface area (Å²) in [6.07, 6.45) is 7.04. The zero-order valence-electron chi connectivity index (χ0n) is 12.7. The second-order valence-electron chi connectivity index (χ2n) is 5.94. The van der Waals surface area contributed by atoms with Gasteiger partial charge in [0.05, 0.1) is 11.8 Å². The van der Waals surface area contributed by atoms with Crippen molar-refractivity contribution in [2.75, 3.05) is 25.1 Å². The molecule has 0 aromatic heterocycles. The van der Waals surface area contributed by atoms with Crippen LogP contribution >= 0.6 is 0 Å². The van der Waals surface area contributed by atoms with E-state index in [1.165, 1.54) is 25.5 Å². The van der Waals surface area contributed by atoms with E-state index < -0.39 is 15.9 Å². The van der Waals surface area contributed by atoms with Crippen LogP contribution in [-0.2, 0) is 14.6 Å². The maximum atomic E-state index is 12.2. The molecule has 0 bridgehead atoms. The van der Waals surface area contributed by atoms with Crippen LogP contribution in [0.4, 0.5) is 0 Å². The number of hydrogen-bond acceptors (Lipinski definition) is 4. The Balaban J connectivity index is 2.46. The van der Waals surface area contributed by atoms with E-state index >= 15 is 0 Å². The maximum Gasteiger partial charge on any atom is 0.239 e. The normalized spacial score (nSPS) is 22.4. The lowest BCUT2D eigenvalue weighted by Crippen LogP contribution is -2.45. The lowest BCUT2D eigenvalue weighted by molar-refractivity contribution is -0.132. The fourth-order valence-corrected chi connectivity index (χ4v) is 3.46. The summed E-state index contributed by atoms with van der Waals surface area (Å²) in [5, 5.41) is 0. The molecule has 0 aromatic carbocycles. The van der Waals surface area contributed by atoms with E-state index in [9.17, 15) is 13.2 Å². The van der Waals surface area contributed by atoms with Gasteiger partial charge in [0.2, 0.25) is 5.91 Å². The van der Waals surface area contributed by atoms with Crippen molar-refractivity contribution in [3.63, 3.8) is 0 Å². The van der Waals surface area contributed by atoms with Crippen molar-refractivity contribution in [1.29, 1.82) is 0 Å². The van der Waals surface area contributed by atoms with Crippen molar-refractivity contribution in [3.05, 3.63) is 0 Å². The highest BCUT2D eigenvalue weighted by atomic mass is 32.2. The van der Waals surface area contributed by atoms with Crippen LogP contribution in [0.2, 0.25) is 0 Å². The van der Waals surface area contributed by atoms with Gasteiger partial charge in [-0.1, -0.05) is 19.8 Å². The molecule has 0 aliphatic carbocycles. The average Bonchev–Trinajstić information content (AvgIpc) is 2.60. The zero-order chi connectivity index (χ0) is 15.2. The molecule has 1 aliphatic rings. The molecular weight excluding hydrogens is 276 g/mol. The predicted octanol–water partition coefficient (Wildman–Crippen LogP) is 1.18. The summed E-state index contributed by atoms with van der Waals surface area (Å²) in [4.78, 5) is 14.1. The van der Waals surface area contributed by atoms with Gasteiger partial charge in [0.25, 0.3) is 0 Å². The molecule has 20 heavy (non-hydrogen) atoms. The number of rotatable bonds is 6. The van der Waals surface area contributed by atoms with Gasteiger partial charge in [0.15, 0.2) is 0 Å². The minimum absolute atomic E-state index is 0.0216. The van der Waals surface area contributed by atoms with Crippen molar-refractivity contribution in [2.45, 2.75) is 51.5 Å². The van der Waals surface area contributed by atoms with Crippen molar-refractivity contribution < 1.29 is 13.2 Å². The quantitative estimate of drug-likeness (QED) is 0.799. The highest BCUT2D eigenvalue weighted by molar-refractivity contribution is 7.90.